The van der Waals surface area contributed by atoms with Crippen molar-refractivity contribution in [2.75, 3.05) is 5.73 Å². The number of nitrogens with two attached hydrogens (primary N) is 1. The first kappa shape index (κ1) is 15.9. The first-order chi connectivity index (χ1) is 10.8. The molecule has 1 aliphatic rings. The van der Waals surface area contributed by atoms with E-state index in [0.717, 1.165) is 15.8 Å². The average molecular weight is 375 g/mol. The van der Waals surface area contributed by atoms with Gasteiger partial charge in [0.05, 0.1) is 6.04 Å². The van der Waals surface area contributed by atoms with Crippen LogP contribution in [0.25, 0.3) is 0 Å². The van der Waals surface area contributed by atoms with E-state index in [0.29, 0.717) is 17.7 Å². The molecule has 3 N–H and O–H groups in total. The van der Waals surface area contributed by atoms with Gasteiger partial charge >= 0.3 is 0 Å². The lowest BCUT2D eigenvalue weighted by Crippen LogP contribution is -2.41. The Morgan fingerprint density at radius 1 is 1.30 bits per heavy atom. The molecule has 1 amide bonds. The maximum atomic E-state index is 12.6. The number of halogens is 1. The summed E-state index contributed by atoms with van der Waals surface area (Å²) in [6.45, 7) is 4.04. The Hall–Kier alpha value is -2.01. The molecule has 4 nitrogen and oxygen atoms in total. The Morgan fingerprint density at radius 3 is 2.83 bits per heavy atom. The van der Waals surface area contributed by atoms with Crippen molar-refractivity contribution in [2.45, 2.75) is 31.9 Å². The summed E-state index contributed by atoms with van der Waals surface area (Å²) in [4.78, 5) is 12.6. The molecule has 0 radical (unpaired) electrons. The zero-order chi connectivity index (χ0) is 16.6. The normalized spacial score (nSPS) is 18.7. The Morgan fingerprint density at radius 2 is 2.09 bits per heavy atom. The van der Waals surface area contributed by atoms with Gasteiger partial charge in [0.1, 0.15) is 11.4 Å². The summed E-state index contributed by atoms with van der Waals surface area (Å²) in [6, 6.07) is 12.8. The van der Waals surface area contributed by atoms with E-state index in [-0.39, 0.29) is 17.6 Å². The lowest BCUT2D eigenvalue weighted by atomic mass is 9.89. The molecule has 1 atom stereocenters. The van der Waals surface area contributed by atoms with Crippen molar-refractivity contribution in [2.24, 2.45) is 0 Å². The molecule has 0 saturated carbocycles. The second-order valence-corrected chi connectivity index (χ2v) is 7.32. The van der Waals surface area contributed by atoms with Crippen LogP contribution in [0, 0.1) is 0 Å². The minimum absolute atomic E-state index is 0.109. The van der Waals surface area contributed by atoms with Crippen molar-refractivity contribution in [3.05, 3.63) is 58.1 Å². The van der Waals surface area contributed by atoms with Gasteiger partial charge in [-0.15, -0.1) is 0 Å². The van der Waals surface area contributed by atoms with E-state index in [4.69, 9.17) is 10.5 Å². The summed E-state index contributed by atoms with van der Waals surface area (Å²) in [5.41, 5.74) is 7.75. The fourth-order valence-corrected chi connectivity index (χ4v) is 3.27. The fraction of sp³-hybridized carbons (Fsp3) is 0.278. The summed E-state index contributed by atoms with van der Waals surface area (Å²) < 4.78 is 6.87. The molecule has 2 aromatic rings. The van der Waals surface area contributed by atoms with E-state index in [1.54, 1.807) is 12.1 Å². The zero-order valence-corrected chi connectivity index (χ0v) is 14.7. The van der Waals surface area contributed by atoms with E-state index in [1.807, 2.05) is 44.2 Å². The van der Waals surface area contributed by atoms with E-state index in [2.05, 4.69) is 21.2 Å². The minimum atomic E-state index is -0.349. The molecule has 3 rings (SSSR count). The number of amides is 1. The second-order valence-electron chi connectivity index (χ2n) is 6.40. The van der Waals surface area contributed by atoms with Crippen LogP contribution in [0.15, 0.2) is 46.9 Å². The van der Waals surface area contributed by atoms with Crippen LogP contribution < -0.4 is 15.8 Å². The second kappa shape index (κ2) is 5.89. The van der Waals surface area contributed by atoms with Crippen molar-refractivity contribution in [1.29, 1.82) is 0 Å². The van der Waals surface area contributed by atoms with Crippen LogP contribution in [0.4, 0.5) is 5.69 Å². The first-order valence-corrected chi connectivity index (χ1v) is 8.28. The van der Waals surface area contributed by atoms with Crippen molar-refractivity contribution in [3.8, 4) is 5.75 Å². The molecule has 0 saturated heterocycles. The predicted molar refractivity (Wildman–Crippen MR) is 94.5 cm³/mol. The molecular formula is C18H19BrN2O2. The van der Waals surface area contributed by atoms with Gasteiger partial charge in [-0.1, -0.05) is 22.0 Å². The number of hydrogen-bond acceptors (Lipinski definition) is 3. The highest BCUT2D eigenvalue weighted by Gasteiger charge is 2.34. The van der Waals surface area contributed by atoms with Gasteiger partial charge in [0.2, 0.25) is 0 Å². The summed E-state index contributed by atoms with van der Waals surface area (Å²) in [5.74, 6) is 0.664. The van der Waals surface area contributed by atoms with Crippen LogP contribution in [0.2, 0.25) is 0 Å². The predicted octanol–water partition coefficient (Wildman–Crippen LogP) is 4.06. The molecule has 0 fully saturated rings. The number of benzene rings is 2. The number of nitrogens with one attached hydrogen (secondary N) is 1. The van der Waals surface area contributed by atoms with Gasteiger partial charge in [-0.3, -0.25) is 4.79 Å². The van der Waals surface area contributed by atoms with Gasteiger partial charge in [0.25, 0.3) is 5.91 Å². The first-order valence-electron chi connectivity index (χ1n) is 7.49. The van der Waals surface area contributed by atoms with Gasteiger partial charge in [0, 0.05) is 27.7 Å². The molecule has 0 spiro atoms. The molecule has 5 heteroatoms. The number of carbonyl (C=O) groups is 1. The van der Waals surface area contributed by atoms with Crippen LogP contribution in [-0.2, 0) is 0 Å². The SMILES string of the molecule is CC1(C)CC(NC(=O)c2cccc(Br)c2)c2cc(N)ccc2O1. The Kier molecular flexibility index (Phi) is 4.06. The van der Waals surface area contributed by atoms with E-state index < -0.39 is 0 Å². The van der Waals surface area contributed by atoms with Crippen molar-refractivity contribution >= 4 is 27.5 Å². The molecule has 1 aliphatic heterocycles. The van der Waals surface area contributed by atoms with E-state index >= 15 is 0 Å². The molecule has 23 heavy (non-hydrogen) atoms. The molecule has 0 aliphatic carbocycles. The van der Waals surface area contributed by atoms with Gasteiger partial charge in [-0.2, -0.15) is 0 Å². The average Bonchev–Trinajstić information content (AvgIpc) is 2.47. The van der Waals surface area contributed by atoms with Crippen molar-refractivity contribution < 1.29 is 9.53 Å². The molecule has 120 valence electrons. The fourth-order valence-electron chi connectivity index (χ4n) is 2.87. The van der Waals surface area contributed by atoms with Gasteiger partial charge < -0.3 is 15.8 Å². The molecule has 2 aromatic carbocycles. The highest BCUT2D eigenvalue weighted by molar-refractivity contribution is 9.10. The standard InChI is InChI=1S/C18H19BrN2O2/c1-18(2)10-15(14-9-13(20)6-7-16(14)23-18)21-17(22)11-4-3-5-12(19)8-11/h3-9,15H,10,20H2,1-2H3,(H,21,22). The van der Waals surface area contributed by atoms with E-state index in [9.17, 15) is 4.79 Å². The topological polar surface area (TPSA) is 64.4 Å². The monoisotopic (exact) mass is 374 g/mol. The van der Waals surface area contributed by atoms with Gasteiger partial charge in [0.15, 0.2) is 0 Å². The summed E-state index contributed by atoms with van der Waals surface area (Å²) in [5, 5.41) is 3.11. The molecule has 1 heterocycles. The molecular weight excluding hydrogens is 356 g/mol. The largest absolute Gasteiger partial charge is 0.487 e. The summed E-state index contributed by atoms with van der Waals surface area (Å²) >= 11 is 3.39. The number of carbonyl (C=O) groups excluding carboxylic acids is 1. The van der Waals surface area contributed by atoms with Gasteiger partial charge in [-0.25, -0.2) is 0 Å². The third-order valence-corrected chi connectivity index (χ3v) is 4.38. The maximum Gasteiger partial charge on any atom is 0.251 e. The van der Waals surface area contributed by atoms with Crippen LogP contribution >= 0.6 is 15.9 Å². The Balaban J connectivity index is 1.90. The number of anilines is 1. The molecule has 0 bridgehead atoms. The summed E-state index contributed by atoms with van der Waals surface area (Å²) in [6.07, 6.45) is 0.684. The highest BCUT2D eigenvalue weighted by Crippen LogP contribution is 2.40. The Bertz CT molecular complexity index is 758. The van der Waals surface area contributed by atoms with Crippen LogP contribution in [0.3, 0.4) is 0 Å². The molecule has 0 aromatic heterocycles. The summed E-state index contributed by atoms with van der Waals surface area (Å²) in [7, 11) is 0. The zero-order valence-electron chi connectivity index (χ0n) is 13.1. The highest BCUT2D eigenvalue weighted by atomic mass is 79.9. The van der Waals surface area contributed by atoms with Crippen molar-refractivity contribution in [1.82, 2.24) is 5.32 Å². The number of rotatable bonds is 2. The minimum Gasteiger partial charge on any atom is -0.487 e. The number of nitrogen functional groups attached to an aromatic ring is 1. The number of hydrogen-bond donors (Lipinski definition) is 2. The quantitative estimate of drug-likeness (QED) is 0.778. The van der Waals surface area contributed by atoms with E-state index in [1.165, 1.54) is 0 Å². The third-order valence-electron chi connectivity index (χ3n) is 3.88. The number of fused-ring (bicyclic) bond motifs is 1. The van der Waals surface area contributed by atoms with Crippen LogP contribution in [0.5, 0.6) is 5.75 Å². The smallest absolute Gasteiger partial charge is 0.251 e. The Labute approximate surface area is 144 Å². The van der Waals surface area contributed by atoms with Crippen molar-refractivity contribution in [3.63, 3.8) is 0 Å². The van der Waals surface area contributed by atoms with Crippen LogP contribution in [-0.4, -0.2) is 11.5 Å². The molecule has 1 unspecified atom stereocenters. The maximum absolute atomic E-state index is 12.6. The van der Waals surface area contributed by atoms with Gasteiger partial charge in [-0.05, 0) is 50.2 Å². The number of ether oxygens (including phenoxy) is 1. The lowest BCUT2D eigenvalue weighted by molar-refractivity contribution is 0.0620. The lowest BCUT2D eigenvalue weighted by Gasteiger charge is -2.38. The van der Waals surface area contributed by atoms with Crippen LogP contribution in [0.1, 0.15) is 42.2 Å². The third kappa shape index (κ3) is 3.50.